The molecule has 64 valence electrons. The van der Waals surface area contributed by atoms with E-state index < -0.39 is 0 Å². The third-order valence-corrected chi connectivity index (χ3v) is 2.25. The van der Waals surface area contributed by atoms with Gasteiger partial charge in [-0.05, 0) is 40.5 Å². The van der Waals surface area contributed by atoms with Crippen LogP contribution in [0.15, 0.2) is 35.3 Å². The minimum Gasteiger partial charge on any atom is -0.381 e. The molecule has 1 rings (SSSR count). The maximum atomic E-state index is 3.65. The molecule has 1 N–H and O–H groups in total. The van der Waals surface area contributed by atoms with E-state index in [2.05, 4.69) is 46.9 Å². The van der Waals surface area contributed by atoms with E-state index in [-0.39, 0.29) is 0 Å². The van der Waals surface area contributed by atoms with Crippen LogP contribution in [0.5, 0.6) is 0 Å². The Labute approximate surface area is 81.6 Å². The van der Waals surface area contributed by atoms with Crippen LogP contribution in [-0.4, -0.2) is 6.54 Å². The van der Waals surface area contributed by atoms with Gasteiger partial charge in [-0.1, -0.05) is 12.1 Å². The molecular formula is C10H12BrN. The summed E-state index contributed by atoms with van der Waals surface area (Å²) in [4.78, 5) is 0. The molecule has 0 heterocycles. The highest BCUT2D eigenvalue weighted by molar-refractivity contribution is 9.10. The lowest BCUT2D eigenvalue weighted by Crippen LogP contribution is -1.98. The van der Waals surface area contributed by atoms with Gasteiger partial charge in [0.25, 0.3) is 0 Å². The third kappa shape index (κ3) is 2.38. The smallest absolute Gasteiger partial charge is 0.0489 e. The number of hydrogen-bond acceptors (Lipinski definition) is 1. The predicted octanol–water partition coefficient (Wildman–Crippen LogP) is 3.36. The van der Waals surface area contributed by atoms with Crippen LogP contribution in [0.2, 0.25) is 0 Å². The van der Waals surface area contributed by atoms with Gasteiger partial charge < -0.3 is 5.32 Å². The first-order valence-corrected chi connectivity index (χ1v) is 4.64. The molecule has 0 aromatic heterocycles. The molecular weight excluding hydrogens is 214 g/mol. The summed E-state index contributed by atoms with van der Waals surface area (Å²) in [5, 5.41) is 3.24. The maximum Gasteiger partial charge on any atom is 0.0489 e. The molecule has 0 atom stereocenters. The molecule has 0 bridgehead atoms. The molecule has 1 nitrogen and oxygen atoms in total. The van der Waals surface area contributed by atoms with Crippen LogP contribution in [0.4, 0.5) is 5.69 Å². The Hall–Kier alpha value is -0.760. The van der Waals surface area contributed by atoms with Gasteiger partial charge in [-0.2, -0.15) is 0 Å². The van der Waals surface area contributed by atoms with Crippen molar-refractivity contribution in [2.24, 2.45) is 0 Å². The fourth-order valence-corrected chi connectivity index (χ4v) is 1.34. The Kier molecular flexibility index (Phi) is 3.35. The summed E-state index contributed by atoms with van der Waals surface area (Å²) in [5.41, 5.74) is 2.37. The van der Waals surface area contributed by atoms with Crippen molar-refractivity contribution in [2.45, 2.75) is 6.92 Å². The Bertz CT molecular complexity index is 281. The molecule has 0 aliphatic carbocycles. The molecule has 0 saturated heterocycles. The highest BCUT2D eigenvalue weighted by Gasteiger charge is 1.96. The van der Waals surface area contributed by atoms with Gasteiger partial charge in [0, 0.05) is 16.7 Å². The predicted molar refractivity (Wildman–Crippen MR) is 57.6 cm³/mol. The molecule has 0 spiro atoms. The van der Waals surface area contributed by atoms with Crippen molar-refractivity contribution in [3.63, 3.8) is 0 Å². The molecule has 1 aromatic rings. The van der Waals surface area contributed by atoms with E-state index >= 15 is 0 Å². The van der Waals surface area contributed by atoms with Crippen LogP contribution in [0.25, 0.3) is 0 Å². The van der Waals surface area contributed by atoms with Gasteiger partial charge in [0.05, 0.1) is 0 Å². The van der Waals surface area contributed by atoms with Gasteiger partial charge in [-0.25, -0.2) is 0 Å². The molecule has 0 saturated carbocycles. The molecule has 0 amide bonds. The fraction of sp³-hybridized carbons (Fsp3) is 0.200. The number of rotatable bonds is 3. The summed E-state index contributed by atoms with van der Waals surface area (Å²) in [5.74, 6) is 0. The van der Waals surface area contributed by atoms with E-state index in [4.69, 9.17) is 0 Å². The molecule has 0 aliphatic heterocycles. The van der Waals surface area contributed by atoms with E-state index in [9.17, 15) is 0 Å². The maximum absolute atomic E-state index is 3.65. The molecule has 12 heavy (non-hydrogen) atoms. The van der Waals surface area contributed by atoms with Crippen LogP contribution in [0, 0.1) is 6.92 Å². The van der Waals surface area contributed by atoms with E-state index in [0.717, 1.165) is 16.7 Å². The van der Waals surface area contributed by atoms with Crippen molar-refractivity contribution < 1.29 is 0 Å². The second-order valence-electron chi connectivity index (χ2n) is 2.65. The van der Waals surface area contributed by atoms with Crippen LogP contribution in [0.3, 0.4) is 0 Å². The van der Waals surface area contributed by atoms with Gasteiger partial charge in [-0.15, -0.1) is 6.58 Å². The second-order valence-corrected chi connectivity index (χ2v) is 3.51. The van der Waals surface area contributed by atoms with Crippen molar-refractivity contribution >= 4 is 21.6 Å². The SMILES string of the molecule is C=CCNc1cc(C)ccc1Br. The highest BCUT2D eigenvalue weighted by Crippen LogP contribution is 2.22. The number of nitrogens with one attached hydrogen (secondary N) is 1. The van der Waals surface area contributed by atoms with Crippen molar-refractivity contribution in [1.29, 1.82) is 0 Å². The summed E-state index contributed by atoms with van der Waals surface area (Å²) in [6.07, 6.45) is 1.84. The first-order valence-electron chi connectivity index (χ1n) is 3.85. The normalized spacial score (nSPS) is 9.50. The minimum absolute atomic E-state index is 0.794. The summed E-state index contributed by atoms with van der Waals surface area (Å²) in [7, 11) is 0. The molecule has 0 aliphatic rings. The highest BCUT2D eigenvalue weighted by atomic mass is 79.9. The quantitative estimate of drug-likeness (QED) is 0.779. The lowest BCUT2D eigenvalue weighted by Gasteiger charge is -2.06. The first-order chi connectivity index (χ1) is 5.74. The molecule has 0 fully saturated rings. The van der Waals surface area contributed by atoms with Crippen LogP contribution >= 0.6 is 15.9 Å². The van der Waals surface area contributed by atoms with E-state index in [0.29, 0.717) is 0 Å². The fourth-order valence-electron chi connectivity index (χ4n) is 0.957. The lowest BCUT2D eigenvalue weighted by atomic mass is 10.2. The molecule has 2 heteroatoms. The van der Waals surface area contributed by atoms with Crippen LogP contribution in [-0.2, 0) is 0 Å². The molecule has 0 radical (unpaired) electrons. The third-order valence-electron chi connectivity index (χ3n) is 1.56. The minimum atomic E-state index is 0.794. The van der Waals surface area contributed by atoms with Crippen LogP contribution < -0.4 is 5.32 Å². The van der Waals surface area contributed by atoms with Gasteiger partial charge in [-0.3, -0.25) is 0 Å². The van der Waals surface area contributed by atoms with Crippen molar-refractivity contribution in [2.75, 3.05) is 11.9 Å². The number of aryl methyl sites for hydroxylation is 1. The summed E-state index contributed by atoms with van der Waals surface area (Å²) < 4.78 is 1.09. The van der Waals surface area contributed by atoms with Gasteiger partial charge in [0.2, 0.25) is 0 Å². The molecule has 1 aromatic carbocycles. The number of anilines is 1. The van der Waals surface area contributed by atoms with Crippen molar-refractivity contribution in [1.82, 2.24) is 0 Å². The van der Waals surface area contributed by atoms with E-state index in [1.54, 1.807) is 0 Å². The van der Waals surface area contributed by atoms with Crippen molar-refractivity contribution in [3.8, 4) is 0 Å². The number of halogens is 1. The number of hydrogen-bond donors (Lipinski definition) is 1. The Balaban J connectivity index is 2.82. The van der Waals surface area contributed by atoms with E-state index in [1.165, 1.54) is 5.56 Å². The largest absolute Gasteiger partial charge is 0.381 e. The summed E-state index contributed by atoms with van der Waals surface area (Å²) >= 11 is 3.46. The number of benzene rings is 1. The van der Waals surface area contributed by atoms with E-state index in [1.807, 2.05) is 12.1 Å². The van der Waals surface area contributed by atoms with Crippen LogP contribution in [0.1, 0.15) is 5.56 Å². The average molecular weight is 226 g/mol. The Morgan fingerprint density at radius 2 is 2.33 bits per heavy atom. The zero-order valence-corrected chi connectivity index (χ0v) is 8.69. The average Bonchev–Trinajstić information content (AvgIpc) is 2.07. The Morgan fingerprint density at radius 1 is 1.58 bits per heavy atom. The lowest BCUT2D eigenvalue weighted by molar-refractivity contribution is 1.31. The zero-order chi connectivity index (χ0) is 8.97. The zero-order valence-electron chi connectivity index (χ0n) is 7.10. The van der Waals surface area contributed by atoms with Gasteiger partial charge >= 0.3 is 0 Å². The first kappa shape index (κ1) is 9.33. The topological polar surface area (TPSA) is 12.0 Å². The van der Waals surface area contributed by atoms with Crippen molar-refractivity contribution in [3.05, 3.63) is 40.9 Å². The van der Waals surface area contributed by atoms with Gasteiger partial charge in [0.1, 0.15) is 0 Å². The Morgan fingerprint density at radius 3 is 3.00 bits per heavy atom. The monoisotopic (exact) mass is 225 g/mol. The summed E-state index contributed by atoms with van der Waals surface area (Å²) in [6, 6.07) is 6.22. The standard InChI is InChI=1S/C10H12BrN/c1-3-6-12-10-7-8(2)4-5-9(10)11/h3-5,7,12H,1,6H2,2H3. The molecule has 0 unspecified atom stereocenters. The van der Waals surface area contributed by atoms with Gasteiger partial charge in [0.15, 0.2) is 0 Å². The second kappa shape index (κ2) is 4.31. The summed E-state index contributed by atoms with van der Waals surface area (Å²) in [6.45, 7) is 6.52.